The van der Waals surface area contributed by atoms with E-state index in [0.717, 1.165) is 17.0 Å². The lowest BCUT2D eigenvalue weighted by Gasteiger charge is -2.05. The van der Waals surface area contributed by atoms with Crippen LogP contribution in [0.5, 0.6) is 10.9 Å². The van der Waals surface area contributed by atoms with Crippen molar-refractivity contribution in [2.24, 2.45) is 0 Å². The van der Waals surface area contributed by atoms with Gasteiger partial charge in [-0.25, -0.2) is 0 Å². The quantitative estimate of drug-likeness (QED) is 0.818. The van der Waals surface area contributed by atoms with E-state index in [1.165, 1.54) is 11.3 Å². The number of anilines is 1. The van der Waals surface area contributed by atoms with Crippen LogP contribution in [0.2, 0.25) is 5.15 Å². The fraction of sp³-hybridized carbons (Fsp3) is 0.100. The standard InChI is InChI=1S/C10H9ClN2OS/c1-6-4-7(12)2-3-8(6)14-10-13-9(11)5-15-10/h2-5H,12H2,1H3. The summed E-state index contributed by atoms with van der Waals surface area (Å²) in [5.41, 5.74) is 7.33. The van der Waals surface area contributed by atoms with Crippen molar-refractivity contribution in [1.82, 2.24) is 4.98 Å². The molecule has 0 amide bonds. The third-order valence-electron chi connectivity index (χ3n) is 1.85. The Morgan fingerprint density at radius 2 is 2.27 bits per heavy atom. The Labute approximate surface area is 96.5 Å². The van der Waals surface area contributed by atoms with Crippen LogP contribution in [0, 0.1) is 6.92 Å². The molecule has 0 saturated carbocycles. The number of benzene rings is 1. The highest BCUT2D eigenvalue weighted by Gasteiger charge is 2.05. The Bertz CT molecular complexity index is 484. The van der Waals surface area contributed by atoms with Gasteiger partial charge in [-0.05, 0) is 30.7 Å². The van der Waals surface area contributed by atoms with Gasteiger partial charge in [-0.1, -0.05) is 22.9 Å². The summed E-state index contributed by atoms with van der Waals surface area (Å²) in [6, 6.07) is 5.46. The summed E-state index contributed by atoms with van der Waals surface area (Å²) in [4.78, 5) is 4.00. The molecule has 2 N–H and O–H groups in total. The highest BCUT2D eigenvalue weighted by molar-refractivity contribution is 7.11. The third-order valence-corrected chi connectivity index (χ3v) is 2.89. The fourth-order valence-corrected chi connectivity index (χ4v) is 1.97. The van der Waals surface area contributed by atoms with Crippen LogP contribution in [0.4, 0.5) is 5.69 Å². The molecular formula is C10H9ClN2OS. The number of aromatic nitrogens is 1. The van der Waals surface area contributed by atoms with Crippen LogP contribution in [-0.4, -0.2) is 4.98 Å². The molecule has 0 bridgehead atoms. The van der Waals surface area contributed by atoms with E-state index in [0.29, 0.717) is 10.3 Å². The van der Waals surface area contributed by atoms with E-state index in [4.69, 9.17) is 22.1 Å². The zero-order valence-corrected chi connectivity index (χ0v) is 9.60. The monoisotopic (exact) mass is 240 g/mol. The molecule has 15 heavy (non-hydrogen) atoms. The van der Waals surface area contributed by atoms with Crippen molar-refractivity contribution in [2.45, 2.75) is 6.92 Å². The minimum atomic E-state index is 0.447. The summed E-state index contributed by atoms with van der Waals surface area (Å²) in [5, 5.41) is 2.71. The molecule has 2 aromatic rings. The van der Waals surface area contributed by atoms with Crippen molar-refractivity contribution in [3.63, 3.8) is 0 Å². The molecule has 5 heteroatoms. The van der Waals surface area contributed by atoms with E-state index < -0.39 is 0 Å². The Balaban J connectivity index is 2.24. The molecule has 0 aliphatic heterocycles. The molecule has 3 nitrogen and oxygen atoms in total. The van der Waals surface area contributed by atoms with Crippen LogP contribution < -0.4 is 10.5 Å². The topological polar surface area (TPSA) is 48.1 Å². The van der Waals surface area contributed by atoms with Crippen molar-refractivity contribution in [1.29, 1.82) is 0 Å². The summed E-state index contributed by atoms with van der Waals surface area (Å²) in [5.74, 6) is 0.746. The van der Waals surface area contributed by atoms with Gasteiger partial charge in [0.15, 0.2) is 0 Å². The van der Waals surface area contributed by atoms with Gasteiger partial charge in [0.05, 0.1) is 0 Å². The van der Waals surface area contributed by atoms with Gasteiger partial charge in [-0.3, -0.25) is 0 Å². The molecule has 0 atom stereocenters. The molecular weight excluding hydrogens is 232 g/mol. The van der Waals surface area contributed by atoms with Crippen LogP contribution in [0.1, 0.15) is 5.56 Å². The summed E-state index contributed by atoms with van der Waals surface area (Å²) in [6.45, 7) is 1.93. The minimum Gasteiger partial charge on any atom is -0.431 e. The van der Waals surface area contributed by atoms with Gasteiger partial charge in [0.2, 0.25) is 0 Å². The van der Waals surface area contributed by atoms with Crippen LogP contribution in [0.25, 0.3) is 0 Å². The number of hydrogen-bond acceptors (Lipinski definition) is 4. The van der Waals surface area contributed by atoms with Crippen molar-refractivity contribution in [2.75, 3.05) is 5.73 Å². The molecule has 0 aliphatic rings. The minimum absolute atomic E-state index is 0.447. The van der Waals surface area contributed by atoms with Crippen molar-refractivity contribution < 1.29 is 4.74 Å². The smallest absolute Gasteiger partial charge is 0.280 e. The van der Waals surface area contributed by atoms with Crippen LogP contribution >= 0.6 is 22.9 Å². The molecule has 1 aromatic carbocycles. The maximum absolute atomic E-state index is 5.69. The zero-order valence-electron chi connectivity index (χ0n) is 8.03. The maximum atomic E-state index is 5.69. The van der Waals surface area contributed by atoms with E-state index >= 15 is 0 Å². The van der Waals surface area contributed by atoms with Gasteiger partial charge in [-0.15, -0.1) is 0 Å². The van der Waals surface area contributed by atoms with Crippen LogP contribution in [-0.2, 0) is 0 Å². The first-order valence-electron chi connectivity index (χ1n) is 4.30. The summed E-state index contributed by atoms with van der Waals surface area (Å²) < 4.78 is 5.55. The average molecular weight is 241 g/mol. The number of rotatable bonds is 2. The zero-order chi connectivity index (χ0) is 10.8. The SMILES string of the molecule is Cc1cc(N)ccc1Oc1nc(Cl)cs1. The van der Waals surface area contributed by atoms with Crippen LogP contribution in [0.3, 0.4) is 0 Å². The molecule has 2 rings (SSSR count). The normalized spacial score (nSPS) is 10.3. The van der Waals surface area contributed by atoms with E-state index in [1.807, 2.05) is 19.1 Å². The second-order valence-electron chi connectivity index (χ2n) is 3.06. The van der Waals surface area contributed by atoms with Crippen molar-refractivity contribution in [3.8, 4) is 10.9 Å². The highest BCUT2D eigenvalue weighted by Crippen LogP contribution is 2.29. The highest BCUT2D eigenvalue weighted by atomic mass is 35.5. The second-order valence-corrected chi connectivity index (χ2v) is 4.27. The lowest BCUT2D eigenvalue weighted by Crippen LogP contribution is -1.90. The van der Waals surface area contributed by atoms with Gasteiger partial charge in [0.25, 0.3) is 5.19 Å². The third kappa shape index (κ3) is 2.40. The predicted molar refractivity (Wildman–Crippen MR) is 62.8 cm³/mol. The average Bonchev–Trinajstić information content (AvgIpc) is 2.56. The number of nitrogens with zero attached hydrogens (tertiary/aromatic N) is 1. The number of nitrogen functional groups attached to an aromatic ring is 1. The molecule has 78 valence electrons. The summed E-state index contributed by atoms with van der Waals surface area (Å²) >= 11 is 7.05. The first-order valence-corrected chi connectivity index (χ1v) is 5.56. The van der Waals surface area contributed by atoms with Gasteiger partial charge in [0, 0.05) is 11.1 Å². The lowest BCUT2D eigenvalue weighted by atomic mass is 10.2. The van der Waals surface area contributed by atoms with E-state index in [-0.39, 0.29) is 0 Å². The predicted octanol–water partition coefficient (Wildman–Crippen LogP) is 3.48. The van der Waals surface area contributed by atoms with E-state index in [1.54, 1.807) is 11.4 Å². The molecule has 0 aliphatic carbocycles. The number of halogens is 1. The Morgan fingerprint density at radius 1 is 1.47 bits per heavy atom. The molecule has 0 unspecified atom stereocenters. The maximum Gasteiger partial charge on any atom is 0.280 e. The molecule has 1 heterocycles. The number of hydrogen-bond donors (Lipinski definition) is 1. The summed E-state index contributed by atoms with van der Waals surface area (Å²) in [6.07, 6.45) is 0. The number of ether oxygens (including phenoxy) is 1. The van der Waals surface area contributed by atoms with Crippen molar-refractivity contribution >= 4 is 28.6 Å². The number of nitrogens with two attached hydrogens (primary N) is 1. The first-order chi connectivity index (χ1) is 7.15. The molecule has 0 radical (unpaired) electrons. The van der Waals surface area contributed by atoms with E-state index in [2.05, 4.69) is 4.98 Å². The van der Waals surface area contributed by atoms with Gasteiger partial charge >= 0.3 is 0 Å². The largest absolute Gasteiger partial charge is 0.431 e. The van der Waals surface area contributed by atoms with Crippen molar-refractivity contribution in [3.05, 3.63) is 34.3 Å². The Hall–Kier alpha value is -1.26. The van der Waals surface area contributed by atoms with Gasteiger partial charge < -0.3 is 10.5 Å². The van der Waals surface area contributed by atoms with Crippen LogP contribution in [0.15, 0.2) is 23.6 Å². The molecule has 0 saturated heterocycles. The number of thiazole rings is 1. The lowest BCUT2D eigenvalue weighted by molar-refractivity contribution is 0.475. The second kappa shape index (κ2) is 4.08. The Kier molecular flexibility index (Phi) is 2.79. The first kappa shape index (κ1) is 10.3. The fourth-order valence-electron chi connectivity index (χ4n) is 1.17. The molecule has 0 spiro atoms. The molecule has 0 fully saturated rings. The Morgan fingerprint density at radius 3 is 2.87 bits per heavy atom. The summed E-state index contributed by atoms with van der Waals surface area (Å²) in [7, 11) is 0. The van der Waals surface area contributed by atoms with Gasteiger partial charge in [0.1, 0.15) is 10.9 Å². The number of aryl methyl sites for hydroxylation is 1. The van der Waals surface area contributed by atoms with E-state index in [9.17, 15) is 0 Å². The van der Waals surface area contributed by atoms with Gasteiger partial charge in [-0.2, -0.15) is 4.98 Å². The molecule has 1 aromatic heterocycles.